The smallest absolute Gasteiger partial charge is 0.344 e. The number of benzene rings is 2. The summed E-state index contributed by atoms with van der Waals surface area (Å²) in [5.41, 5.74) is 4.88. The minimum Gasteiger partial charge on any atom is -0.344 e. The third kappa shape index (κ3) is 3.29. The molecule has 4 nitrogen and oxygen atoms in total. The van der Waals surface area contributed by atoms with Gasteiger partial charge < -0.3 is 5.32 Å². The number of aromatic nitrogens is 3. The average Bonchev–Trinajstić information content (AvgIpc) is 3.16. The highest BCUT2D eigenvalue weighted by Gasteiger charge is 2.22. The van der Waals surface area contributed by atoms with Crippen molar-refractivity contribution in [2.24, 2.45) is 0 Å². The molecule has 4 aromatic rings. The van der Waals surface area contributed by atoms with Crippen molar-refractivity contribution >= 4 is 32.7 Å². The van der Waals surface area contributed by atoms with Crippen LogP contribution in [0.1, 0.15) is 20.3 Å². The highest BCUT2D eigenvalue weighted by Crippen LogP contribution is 2.24. The second kappa shape index (κ2) is 7.25. The highest BCUT2D eigenvalue weighted by molar-refractivity contribution is 9.10. The molecule has 4 rings (SSSR count). The molecule has 0 aliphatic rings. The maximum absolute atomic E-state index is 3.60. The van der Waals surface area contributed by atoms with Gasteiger partial charge in [-0.05, 0) is 38.1 Å². The first-order valence-electron chi connectivity index (χ1n) is 9.24. The number of aryl methyl sites for hydroxylation is 1. The second-order valence-electron chi connectivity index (χ2n) is 7.13. The van der Waals surface area contributed by atoms with E-state index >= 15 is 0 Å². The molecule has 2 heterocycles. The number of H-pyrrole nitrogens is 1. The third-order valence-electron chi connectivity index (χ3n) is 4.80. The molecule has 0 aliphatic carbocycles. The lowest BCUT2D eigenvalue weighted by Gasteiger charge is -2.06. The van der Waals surface area contributed by atoms with Crippen molar-refractivity contribution in [1.82, 2.24) is 9.55 Å². The number of hydrogen-bond donors (Lipinski definition) is 2. The lowest BCUT2D eigenvalue weighted by molar-refractivity contribution is -0.683. The van der Waals surface area contributed by atoms with Crippen molar-refractivity contribution < 1.29 is 9.72 Å². The molecule has 0 saturated heterocycles. The van der Waals surface area contributed by atoms with Crippen LogP contribution in [0, 0.1) is 0 Å². The first kappa shape index (κ1) is 17.3. The number of aromatic amines is 1. The van der Waals surface area contributed by atoms with Gasteiger partial charge in [0.25, 0.3) is 0 Å². The fourth-order valence-corrected chi connectivity index (χ4v) is 3.76. The normalized spacial score (nSPS) is 11.8. The highest BCUT2D eigenvalue weighted by atomic mass is 79.9. The summed E-state index contributed by atoms with van der Waals surface area (Å²) in [6, 6.07) is 17.7. The van der Waals surface area contributed by atoms with Gasteiger partial charge in [-0.2, -0.15) is 4.40 Å². The molecule has 0 spiro atoms. The van der Waals surface area contributed by atoms with Crippen LogP contribution >= 0.6 is 15.9 Å². The van der Waals surface area contributed by atoms with Crippen LogP contribution in [0.15, 0.2) is 59.2 Å². The van der Waals surface area contributed by atoms with Crippen LogP contribution < -0.4 is 9.72 Å². The van der Waals surface area contributed by atoms with Gasteiger partial charge in [-0.15, -0.1) is 0 Å². The molecular weight excluding hydrogens is 388 g/mol. The number of nitrogens with one attached hydrogen (secondary N) is 1. The third-order valence-corrected chi connectivity index (χ3v) is 5.33. The lowest BCUT2D eigenvalue weighted by atomic mass is 10.1. The Bertz CT molecular complexity index is 1030. The van der Waals surface area contributed by atoms with E-state index in [9.17, 15) is 0 Å². The Kier molecular flexibility index (Phi) is 4.83. The molecule has 0 radical (unpaired) electrons. The molecule has 5 heteroatoms. The van der Waals surface area contributed by atoms with E-state index < -0.39 is 0 Å². The second-order valence-corrected chi connectivity index (χ2v) is 8.05. The van der Waals surface area contributed by atoms with Gasteiger partial charge in [0.1, 0.15) is 22.9 Å². The molecule has 3 N–H and O–H groups in total. The van der Waals surface area contributed by atoms with Gasteiger partial charge >= 0.3 is 5.78 Å². The standard InChI is InChI=1S/C21H23BrN4/c1-15(2)23-12-5-13-25-20(16-8-10-17(22)11-9-16)14-26-19-7-4-3-6-18(19)24-21(25)26/h3-4,6-11,14-15,23H,5,12-13H2,1-2H3/p+2. The van der Waals surface area contributed by atoms with Gasteiger partial charge in [0.05, 0.1) is 19.1 Å². The van der Waals surface area contributed by atoms with E-state index in [1.165, 1.54) is 22.3 Å². The minimum absolute atomic E-state index is 0.646. The largest absolute Gasteiger partial charge is 0.368 e. The van der Waals surface area contributed by atoms with Crippen molar-refractivity contribution in [3.8, 4) is 11.3 Å². The van der Waals surface area contributed by atoms with Crippen LogP contribution in [0.25, 0.3) is 28.1 Å². The Morgan fingerprint density at radius 1 is 1.12 bits per heavy atom. The summed E-state index contributed by atoms with van der Waals surface area (Å²) < 4.78 is 5.80. The predicted molar refractivity (Wildman–Crippen MR) is 109 cm³/mol. The van der Waals surface area contributed by atoms with Crippen molar-refractivity contribution in [2.45, 2.75) is 32.9 Å². The maximum atomic E-state index is 3.60. The van der Waals surface area contributed by atoms with E-state index in [2.05, 4.69) is 104 Å². The summed E-state index contributed by atoms with van der Waals surface area (Å²) in [7, 11) is 0. The van der Waals surface area contributed by atoms with Crippen LogP contribution in [0.4, 0.5) is 0 Å². The fraction of sp³-hybridized carbons (Fsp3) is 0.286. The lowest BCUT2D eigenvalue weighted by Crippen LogP contribution is -2.88. The first-order valence-corrected chi connectivity index (χ1v) is 10.0. The van der Waals surface area contributed by atoms with E-state index in [1.54, 1.807) is 0 Å². The first-order chi connectivity index (χ1) is 12.6. The van der Waals surface area contributed by atoms with Gasteiger partial charge in [-0.25, -0.2) is 9.55 Å². The van der Waals surface area contributed by atoms with E-state index in [0.29, 0.717) is 6.04 Å². The number of hydrogen-bond acceptors (Lipinski definition) is 0. The number of para-hydroxylation sites is 2. The summed E-state index contributed by atoms with van der Waals surface area (Å²) in [6.07, 6.45) is 3.39. The van der Waals surface area contributed by atoms with Crippen LogP contribution in [-0.4, -0.2) is 22.1 Å². The molecule has 0 bridgehead atoms. The molecular formula is C21H25BrN4+2. The average molecular weight is 413 g/mol. The van der Waals surface area contributed by atoms with Crippen molar-refractivity contribution in [1.29, 1.82) is 0 Å². The molecule has 2 aromatic heterocycles. The Balaban J connectivity index is 1.78. The fourth-order valence-electron chi connectivity index (χ4n) is 3.50. The van der Waals surface area contributed by atoms with Crippen molar-refractivity contribution in [3.63, 3.8) is 0 Å². The molecule has 0 unspecified atom stereocenters. The number of rotatable bonds is 6. The number of fused-ring (bicyclic) bond motifs is 3. The number of imidazole rings is 2. The van der Waals surface area contributed by atoms with Gasteiger partial charge in [-0.3, -0.25) is 0 Å². The van der Waals surface area contributed by atoms with Gasteiger partial charge in [0, 0.05) is 16.5 Å². The molecule has 0 atom stereocenters. The van der Waals surface area contributed by atoms with Crippen LogP contribution in [0.2, 0.25) is 0 Å². The summed E-state index contributed by atoms with van der Waals surface area (Å²) in [5.74, 6) is 1.15. The van der Waals surface area contributed by atoms with E-state index in [4.69, 9.17) is 0 Å². The SMILES string of the molecule is CC(C)[NH2+]CCCn1c(-c2ccc(Br)cc2)c[n+]2c3ccccc3[nH]c12. The number of nitrogens with zero attached hydrogens (tertiary/aromatic N) is 2. The topological polar surface area (TPSA) is 41.4 Å². The van der Waals surface area contributed by atoms with Crippen LogP contribution in [0.5, 0.6) is 0 Å². The molecule has 26 heavy (non-hydrogen) atoms. The maximum Gasteiger partial charge on any atom is 0.368 e. The quantitative estimate of drug-likeness (QED) is 0.359. The number of halogens is 1. The number of quaternary nitrogens is 1. The Morgan fingerprint density at radius 3 is 2.65 bits per heavy atom. The van der Waals surface area contributed by atoms with Gasteiger partial charge in [0.2, 0.25) is 0 Å². The van der Waals surface area contributed by atoms with E-state index in [0.717, 1.165) is 29.8 Å². The van der Waals surface area contributed by atoms with E-state index in [1.807, 2.05) is 0 Å². The van der Waals surface area contributed by atoms with Crippen LogP contribution in [-0.2, 0) is 6.54 Å². The zero-order chi connectivity index (χ0) is 18.1. The zero-order valence-corrected chi connectivity index (χ0v) is 16.8. The Labute approximate surface area is 162 Å². The van der Waals surface area contributed by atoms with Crippen molar-refractivity contribution in [3.05, 3.63) is 59.2 Å². The Hall–Kier alpha value is -2.11. The molecule has 0 saturated carbocycles. The van der Waals surface area contributed by atoms with Crippen molar-refractivity contribution in [2.75, 3.05) is 6.54 Å². The summed E-state index contributed by atoms with van der Waals surface area (Å²) in [5, 5.41) is 2.40. The number of nitrogens with two attached hydrogens (primary N) is 1. The summed E-state index contributed by atoms with van der Waals surface area (Å²) in [4.78, 5) is 3.60. The predicted octanol–water partition coefficient (Wildman–Crippen LogP) is 3.50. The molecule has 134 valence electrons. The van der Waals surface area contributed by atoms with Gasteiger partial charge in [0.15, 0.2) is 0 Å². The van der Waals surface area contributed by atoms with Crippen LogP contribution in [0.3, 0.4) is 0 Å². The monoisotopic (exact) mass is 412 g/mol. The summed E-state index contributed by atoms with van der Waals surface area (Å²) >= 11 is 3.54. The summed E-state index contributed by atoms with van der Waals surface area (Å²) in [6.45, 7) is 6.63. The molecule has 0 aliphatic heterocycles. The zero-order valence-electron chi connectivity index (χ0n) is 15.2. The Morgan fingerprint density at radius 2 is 1.88 bits per heavy atom. The minimum atomic E-state index is 0.646. The molecule has 0 amide bonds. The van der Waals surface area contributed by atoms with Gasteiger partial charge in [-0.1, -0.05) is 40.2 Å². The molecule has 0 fully saturated rings. The van der Waals surface area contributed by atoms with E-state index in [-0.39, 0.29) is 0 Å². The molecule has 2 aromatic carbocycles.